The third-order valence-corrected chi connectivity index (χ3v) is 6.85. The second-order valence-electron chi connectivity index (χ2n) is 12.2. The second kappa shape index (κ2) is 17.6. The van der Waals surface area contributed by atoms with Crippen molar-refractivity contribution in [2.45, 2.75) is 96.7 Å². The Morgan fingerprint density at radius 2 is 1.23 bits per heavy atom. The zero-order valence-electron chi connectivity index (χ0n) is 26.3. The van der Waals surface area contributed by atoms with Gasteiger partial charge in [0.1, 0.15) is 11.6 Å². The molecule has 0 spiro atoms. The molecule has 0 unspecified atom stereocenters. The molecule has 2 aromatic carbocycles. The van der Waals surface area contributed by atoms with Crippen LogP contribution in [-0.2, 0) is 27.2 Å². The summed E-state index contributed by atoms with van der Waals surface area (Å²) in [6.07, 6.45) is -1.66. The Morgan fingerprint density at radius 3 is 1.65 bits per heavy atom. The summed E-state index contributed by atoms with van der Waals surface area (Å²) in [5.74, 6) is -0.756. The standard InChI is InChI=1S/C33H50N4O6/c1-7-29(40)37-30(22(2)3)31(41)35-25(18-23-14-10-8-11-15-23)27(38)20-34-21-28(39)26(19-24-16-12-9-13-17-24)36-32(42)43-33(4,5)6/h8-17,22,25-28,30,34,38-39H,7,18-21H2,1-6H3,(H,35,41)(H,36,42)(H,37,40)/t25-,26-,27+,28+,30-/m0/s1. The SMILES string of the molecule is CCC(=O)N[C@H](C(=O)N[C@@H](Cc1ccccc1)[C@H](O)CNC[C@@H](O)[C@H](Cc1ccccc1)NC(=O)OC(C)(C)C)C(C)C. The number of ether oxygens (including phenoxy) is 1. The van der Waals surface area contributed by atoms with E-state index in [0.29, 0.717) is 12.8 Å². The van der Waals surface area contributed by atoms with Crippen LogP contribution >= 0.6 is 0 Å². The Labute approximate surface area is 256 Å². The molecule has 10 heteroatoms. The third-order valence-electron chi connectivity index (χ3n) is 6.85. The smallest absolute Gasteiger partial charge is 0.407 e. The van der Waals surface area contributed by atoms with E-state index in [-0.39, 0.29) is 37.2 Å². The molecule has 0 aliphatic carbocycles. The lowest BCUT2D eigenvalue weighted by molar-refractivity contribution is -0.130. The molecule has 10 nitrogen and oxygen atoms in total. The Balaban J connectivity index is 2.10. The fourth-order valence-corrected chi connectivity index (χ4v) is 4.51. The largest absolute Gasteiger partial charge is 0.444 e. The van der Waals surface area contributed by atoms with Crippen LogP contribution in [0.2, 0.25) is 0 Å². The molecular weight excluding hydrogens is 548 g/mol. The van der Waals surface area contributed by atoms with E-state index in [0.717, 1.165) is 11.1 Å². The van der Waals surface area contributed by atoms with E-state index in [4.69, 9.17) is 4.74 Å². The molecule has 0 aliphatic rings. The average Bonchev–Trinajstić information content (AvgIpc) is 2.94. The van der Waals surface area contributed by atoms with Crippen molar-refractivity contribution >= 4 is 17.9 Å². The summed E-state index contributed by atoms with van der Waals surface area (Å²) in [7, 11) is 0. The lowest BCUT2D eigenvalue weighted by atomic mass is 9.98. The van der Waals surface area contributed by atoms with E-state index in [1.165, 1.54) is 0 Å². The number of carbonyl (C=O) groups is 3. The molecule has 2 rings (SSSR count). The Hall–Kier alpha value is -3.47. The monoisotopic (exact) mass is 598 g/mol. The van der Waals surface area contributed by atoms with Gasteiger partial charge in [-0.25, -0.2) is 4.79 Å². The number of carbonyl (C=O) groups excluding carboxylic acids is 3. The minimum atomic E-state index is -1.02. The Morgan fingerprint density at radius 1 is 0.767 bits per heavy atom. The van der Waals surface area contributed by atoms with Crippen LogP contribution in [0.5, 0.6) is 0 Å². The zero-order valence-corrected chi connectivity index (χ0v) is 26.3. The van der Waals surface area contributed by atoms with E-state index in [2.05, 4.69) is 21.3 Å². The minimum absolute atomic E-state index is 0.0625. The lowest BCUT2D eigenvalue weighted by Gasteiger charge is -2.30. The summed E-state index contributed by atoms with van der Waals surface area (Å²) >= 11 is 0. The van der Waals surface area contributed by atoms with Gasteiger partial charge in [0.15, 0.2) is 0 Å². The quantitative estimate of drug-likeness (QED) is 0.174. The predicted octanol–water partition coefficient (Wildman–Crippen LogP) is 2.71. The summed E-state index contributed by atoms with van der Waals surface area (Å²) in [4.78, 5) is 37.8. The van der Waals surface area contributed by atoms with Crippen molar-refractivity contribution in [3.63, 3.8) is 0 Å². The molecule has 2 aromatic rings. The fraction of sp³-hybridized carbons (Fsp3) is 0.545. The second-order valence-corrected chi connectivity index (χ2v) is 12.2. The van der Waals surface area contributed by atoms with Crippen LogP contribution < -0.4 is 21.3 Å². The van der Waals surface area contributed by atoms with Gasteiger partial charge in [0.2, 0.25) is 11.8 Å². The molecule has 0 heterocycles. The van der Waals surface area contributed by atoms with Crippen LogP contribution in [0, 0.1) is 5.92 Å². The molecule has 6 N–H and O–H groups in total. The molecule has 3 amide bonds. The number of aliphatic hydroxyl groups is 2. The van der Waals surface area contributed by atoms with Gasteiger partial charge in [-0.2, -0.15) is 0 Å². The number of aliphatic hydroxyl groups excluding tert-OH is 2. The van der Waals surface area contributed by atoms with Crippen LogP contribution in [0.4, 0.5) is 4.79 Å². The Kier molecular flexibility index (Phi) is 14.6. The van der Waals surface area contributed by atoms with Gasteiger partial charge in [-0.15, -0.1) is 0 Å². The van der Waals surface area contributed by atoms with Crippen LogP contribution in [0.3, 0.4) is 0 Å². The normalized spacial score (nSPS) is 15.1. The number of hydrogen-bond acceptors (Lipinski definition) is 7. The van der Waals surface area contributed by atoms with Gasteiger partial charge >= 0.3 is 6.09 Å². The minimum Gasteiger partial charge on any atom is -0.444 e. The van der Waals surface area contributed by atoms with Gasteiger partial charge in [-0.05, 0) is 50.7 Å². The molecular formula is C33H50N4O6. The first kappa shape index (κ1) is 35.7. The first-order chi connectivity index (χ1) is 20.3. The maximum absolute atomic E-state index is 13.2. The fourth-order valence-electron chi connectivity index (χ4n) is 4.51. The Bertz CT molecular complexity index is 1120. The van der Waals surface area contributed by atoms with Gasteiger partial charge in [0.05, 0.1) is 24.3 Å². The summed E-state index contributed by atoms with van der Waals surface area (Å²) in [5.41, 5.74) is 1.17. The molecule has 0 aliphatic heterocycles. The highest BCUT2D eigenvalue weighted by atomic mass is 16.6. The van der Waals surface area contributed by atoms with E-state index in [1.54, 1.807) is 27.7 Å². The molecule has 0 fully saturated rings. The number of benzene rings is 2. The maximum Gasteiger partial charge on any atom is 0.407 e. The first-order valence-electron chi connectivity index (χ1n) is 15.0. The molecule has 0 aromatic heterocycles. The van der Waals surface area contributed by atoms with Gasteiger partial charge < -0.3 is 36.2 Å². The van der Waals surface area contributed by atoms with E-state index < -0.39 is 42.0 Å². The lowest BCUT2D eigenvalue weighted by Crippen LogP contribution is -2.56. The summed E-state index contributed by atoms with van der Waals surface area (Å²) in [5, 5.41) is 33.8. The molecule has 0 saturated carbocycles. The van der Waals surface area contributed by atoms with Crippen molar-refractivity contribution in [2.24, 2.45) is 5.92 Å². The van der Waals surface area contributed by atoms with Gasteiger partial charge in [-0.1, -0.05) is 81.4 Å². The van der Waals surface area contributed by atoms with Crippen molar-refractivity contribution in [3.05, 3.63) is 71.8 Å². The summed E-state index contributed by atoms with van der Waals surface area (Å²) in [6.45, 7) is 10.9. The first-order valence-corrected chi connectivity index (χ1v) is 15.0. The number of alkyl carbamates (subject to hydrolysis) is 1. The molecule has 5 atom stereocenters. The van der Waals surface area contributed by atoms with Crippen molar-refractivity contribution in [2.75, 3.05) is 13.1 Å². The van der Waals surface area contributed by atoms with E-state index in [1.807, 2.05) is 74.5 Å². The summed E-state index contributed by atoms with van der Waals surface area (Å²) in [6, 6.07) is 16.9. The van der Waals surface area contributed by atoms with Gasteiger partial charge in [0.25, 0.3) is 0 Å². The van der Waals surface area contributed by atoms with E-state index >= 15 is 0 Å². The number of rotatable bonds is 16. The molecule has 43 heavy (non-hydrogen) atoms. The van der Waals surface area contributed by atoms with Crippen molar-refractivity contribution in [3.8, 4) is 0 Å². The third kappa shape index (κ3) is 13.6. The number of hydrogen-bond donors (Lipinski definition) is 6. The molecule has 0 radical (unpaired) electrons. The van der Waals surface area contributed by atoms with Crippen molar-refractivity contribution < 1.29 is 29.3 Å². The van der Waals surface area contributed by atoms with Crippen LogP contribution in [-0.4, -0.2) is 77.1 Å². The van der Waals surface area contributed by atoms with Crippen LogP contribution in [0.25, 0.3) is 0 Å². The predicted molar refractivity (Wildman–Crippen MR) is 167 cm³/mol. The molecule has 0 bridgehead atoms. The average molecular weight is 599 g/mol. The topological polar surface area (TPSA) is 149 Å². The maximum atomic E-state index is 13.2. The molecule has 0 saturated heterocycles. The summed E-state index contributed by atoms with van der Waals surface area (Å²) < 4.78 is 5.40. The van der Waals surface area contributed by atoms with Crippen molar-refractivity contribution in [1.82, 2.24) is 21.3 Å². The van der Waals surface area contributed by atoms with Crippen LogP contribution in [0.15, 0.2) is 60.7 Å². The highest BCUT2D eigenvalue weighted by Crippen LogP contribution is 2.12. The van der Waals surface area contributed by atoms with Gasteiger partial charge in [-0.3, -0.25) is 9.59 Å². The highest BCUT2D eigenvalue weighted by Gasteiger charge is 2.30. The zero-order chi connectivity index (χ0) is 32.0. The number of nitrogens with one attached hydrogen (secondary N) is 4. The highest BCUT2D eigenvalue weighted by molar-refractivity contribution is 5.88. The van der Waals surface area contributed by atoms with Gasteiger partial charge in [0, 0.05) is 19.5 Å². The van der Waals surface area contributed by atoms with Crippen LogP contribution in [0.1, 0.15) is 59.1 Å². The van der Waals surface area contributed by atoms with Crippen molar-refractivity contribution in [1.29, 1.82) is 0 Å². The number of amides is 3. The molecule has 238 valence electrons. The van der Waals surface area contributed by atoms with E-state index in [9.17, 15) is 24.6 Å².